The zero-order valence-corrected chi connectivity index (χ0v) is 10.2. The van der Waals surface area contributed by atoms with Crippen LogP contribution in [0.25, 0.3) is 0 Å². The lowest BCUT2D eigenvalue weighted by Crippen LogP contribution is -2.24. The summed E-state index contributed by atoms with van der Waals surface area (Å²) in [5.74, 6) is 0.427. The smallest absolute Gasteiger partial charge is 0.271 e. The number of anilines is 1. The molecule has 1 amide bonds. The molecule has 1 unspecified atom stereocenters. The molecule has 1 rings (SSSR count). The Morgan fingerprint density at radius 1 is 1.47 bits per heavy atom. The fourth-order valence-corrected chi connectivity index (χ4v) is 1.45. The Kier molecular flexibility index (Phi) is 5.35. The van der Waals surface area contributed by atoms with Crippen molar-refractivity contribution >= 4 is 11.7 Å². The molecule has 0 saturated carbocycles. The molecule has 0 spiro atoms. The first-order chi connectivity index (χ1) is 8.21. The van der Waals surface area contributed by atoms with Gasteiger partial charge in [-0.2, -0.15) is 0 Å². The quantitative estimate of drug-likeness (QED) is 0.665. The van der Waals surface area contributed by atoms with Crippen molar-refractivity contribution in [2.45, 2.75) is 25.8 Å². The first-order valence-electron chi connectivity index (χ1n) is 5.73. The maximum atomic E-state index is 11.3. The molecule has 6 nitrogen and oxygen atoms in total. The minimum atomic E-state index is -0.238. The third-order valence-electron chi connectivity index (χ3n) is 2.48. The van der Waals surface area contributed by atoms with Crippen molar-refractivity contribution in [3.8, 4) is 0 Å². The molecule has 0 saturated heterocycles. The number of aromatic nitrogens is 2. The summed E-state index contributed by atoms with van der Waals surface area (Å²) in [7, 11) is 1.56. The van der Waals surface area contributed by atoms with Crippen LogP contribution in [0.2, 0.25) is 0 Å². The van der Waals surface area contributed by atoms with Gasteiger partial charge < -0.3 is 16.4 Å². The van der Waals surface area contributed by atoms with E-state index in [1.54, 1.807) is 19.2 Å². The first-order valence-corrected chi connectivity index (χ1v) is 5.73. The molecule has 0 aliphatic heterocycles. The second-order valence-corrected chi connectivity index (χ2v) is 3.71. The Morgan fingerprint density at radius 2 is 2.24 bits per heavy atom. The van der Waals surface area contributed by atoms with Gasteiger partial charge >= 0.3 is 0 Å². The largest absolute Gasteiger partial charge is 0.366 e. The molecule has 0 aromatic carbocycles. The highest BCUT2D eigenvalue weighted by molar-refractivity contribution is 5.91. The van der Waals surface area contributed by atoms with Crippen molar-refractivity contribution in [1.29, 1.82) is 0 Å². The number of nitrogens with two attached hydrogens (primary N) is 1. The molecule has 94 valence electrons. The molecule has 1 heterocycles. The summed E-state index contributed by atoms with van der Waals surface area (Å²) in [5.41, 5.74) is 5.82. The molecule has 4 N–H and O–H groups in total. The summed E-state index contributed by atoms with van der Waals surface area (Å²) in [6.45, 7) is 2.72. The topological polar surface area (TPSA) is 92.9 Å². The highest BCUT2D eigenvalue weighted by Gasteiger charge is 2.08. The van der Waals surface area contributed by atoms with Crippen LogP contribution in [0.4, 0.5) is 5.82 Å². The highest BCUT2D eigenvalue weighted by atomic mass is 16.1. The Balaban J connectivity index is 2.64. The summed E-state index contributed by atoms with van der Waals surface area (Å²) in [5, 5.41) is 13.5. The highest BCUT2D eigenvalue weighted by Crippen LogP contribution is 2.07. The average molecular weight is 237 g/mol. The van der Waals surface area contributed by atoms with Gasteiger partial charge in [0.1, 0.15) is 5.82 Å². The molecule has 6 heteroatoms. The van der Waals surface area contributed by atoms with Gasteiger partial charge in [0, 0.05) is 13.1 Å². The van der Waals surface area contributed by atoms with Gasteiger partial charge in [0.2, 0.25) is 0 Å². The van der Waals surface area contributed by atoms with E-state index in [-0.39, 0.29) is 5.91 Å². The number of amides is 1. The minimum Gasteiger partial charge on any atom is -0.366 e. The molecule has 0 radical (unpaired) electrons. The van der Waals surface area contributed by atoms with Crippen LogP contribution >= 0.6 is 0 Å². The summed E-state index contributed by atoms with van der Waals surface area (Å²) >= 11 is 0. The number of nitrogens with one attached hydrogen (secondary N) is 2. The molecule has 1 aromatic rings. The van der Waals surface area contributed by atoms with E-state index in [0.717, 1.165) is 12.8 Å². The predicted octanol–water partition coefficient (Wildman–Crippen LogP) is 0.375. The standard InChI is InChI=1S/C11H19N5O/c1-3-8(6-7-12)14-10-5-4-9(15-16-10)11(17)13-2/h4-5,8H,3,6-7,12H2,1-2H3,(H,13,17)(H,14,16). The van der Waals surface area contributed by atoms with Crippen molar-refractivity contribution in [1.82, 2.24) is 15.5 Å². The second kappa shape index (κ2) is 6.80. The second-order valence-electron chi connectivity index (χ2n) is 3.71. The van der Waals surface area contributed by atoms with Crippen LogP contribution < -0.4 is 16.4 Å². The van der Waals surface area contributed by atoms with Crippen molar-refractivity contribution in [2.24, 2.45) is 5.73 Å². The number of carbonyl (C=O) groups excluding carboxylic acids is 1. The van der Waals surface area contributed by atoms with E-state index in [1.165, 1.54) is 0 Å². The van der Waals surface area contributed by atoms with Crippen LogP contribution in [-0.2, 0) is 0 Å². The van der Waals surface area contributed by atoms with Gasteiger partial charge in [-0.3, -0.25) is 4.79 Å². The van der Waals surface area contributed by atoms with Gasteiger partial charge in [-0.15, -0.1) is 10.2 Å². The number of hydrogen-bond acceptors (Lipinski definition) is 5. The Bertz CT molecular complexity index is 351. The Labute approximate surface area is 101 Å². The van der Waals surface area contributed by atoms with E-state index < -0.39 is 0 Å². The van der Waals surface area contributed by atoms with Crippen LogP contribution in [0.3, 0.4) is 0 Å². The maximum absolute atomic E-state index is 11.3. The minimum absolute atomic E-state index is 0.238. The van der Waals surface area contributed by atoms with E-state index in [2.05, 4.69) is 27.8 Å². The SMILES string of the molecule is CCC(CCN)Nc1ccc(C(=O)NC)nn1. The van der Waals surface area contributed by atoms with Crippen molar-refractivity contribution in [3.05, 3.63) is 17.8 Å². The normalized spacial score (nSPS) is 11.9. The van der Waals surface area contributed by atoms with E-state index in [1.807, 2.05) is 0 Å². The molecule has 1 atom stereocenters. The lowest BCUT2D eigenvalue weighted by Gasteiger charge is -2.15. The molecule has 0 fully saturated rings. The molecule has 0 bridgehead atoms. The molecule has 1 aromatic heterocycles. The monoisotopic (exact) mass is 237 g/mol. The summed E-state index contributed by atoms with van der Waals surface area (Å²) in [4.78, 5) is 11.3. The summed E-state index contributed by atoms with van der Waals surface area (Å²) in [6, 6.07) is 3.68. The van der Waals surface area contributed by atoms with Gasteiger partial charge in [0.05, 0.1) is 0 Å². The lowest BCUT2D eigenvalue weighted by molar-refractivity contribution is 0.0957. The molecule has 0 aliphatic carbocycles. The first kappa shape index (κ1) is 13.4. The Hall–Kier alpha value is -1.69. The van der Waals surface area contributed by atoms with Gasteiger partial charge in [-0.05, 0) is 31.5 Å². The van der Waals surface area contributed by atoms with Gasteiger partial charge in [-0.1, -0.05) is 6.92 Å². The van der Waals surface area contributed by atoms with E-state index in [4.69, 9.17) is 5.73 Å². The van der Waals surface area contributed by atoms with Gasteiger partial charge in [0.25, 0.3) is 5.91 Å². The molecular formula is C11H19N5O. The van der Waals surface area contributed by atoms with Crippen LogP contribution in [0.5, 0.6) is 0 Å². The van der Waals surface area contributed by atoms with E-state index in [9.17, 15) is 4.79 Å². The number of nitrogens with zero attached hydrogens (tertiary/aromatic N) is 2. The predicted molar refractivity (Wildman–Crippen MR) is 66.8 cm³/mol. The van der Waals surface area contributed by atoms with Crippen molar-refractivity contribution in [2.75, 3.05) is 18.9 Å². The molecule has 0 aliphatic rings. The number of rotatable bonds is 6. The van der Waals surface area contributed by atoms with E-state index >= 15 is 0 Å². The van der Waals surface area contributed by atoms with Crippen LogP contribution in [0, 0.1) is 0 Å². The third-order valence-corrected chi connectivity index (χ3v) is 2.48. The third kappa shape index (κ3) is 3.99. The van der Waals surface area contributed by atoms with Gasteiger partial charge in [0.15, 0.2) is 5.69 Å². The molecule has 17 heavy (non-hydrogen) atoms. The Morgan fingerprint density at radius 3 is 2.71 bits per heavy atom. The van der Waals surface area contributed by atoms with Crippen LogP contribution in [0.1, 0.15) is 30.3 Å². The molecular weight excluding hydrogens is 218 g/mol. The number of hydrogen-bond donors (Lipinski definition) is 3. The van der Waals surface area contributed by atoms with Gasteiger partial charge in [-0.25, -0.2) is 0 Å². The maximum Gasteiger partial charge on any atom is 0.271 e. The summed E-state index contributed by atoms with van der Waals surface area (Å²) in [6.07, 6.45) is 1.85. The van der Waals surface area contributed by atoms with E-state index in [0.29, 0.717) is 24.1 Å². The average Bonchev–Trinajstić information content (AvgIpc) is 2.38. The van der Waals surface area contributed by atoms with Crippen molar-refractivity contribution in [3.63, 3.8) is 0 Å². The van der Waals surface area contributed by atoms with Crippen LogP contribution in [0.15, 0.2) is 12.1 Å². The fourth-order valence-electron chi connectivity index (χ4n) is 1.45. The zero-order chi connectivity index (χ0) is 12.7. The number of carbonyl (C=O) groups is 1. The van der Waals surface area contributed by atoms with Crippen molar-refractivity contribution < 1.29 is 4.79 Å². The summed E-state index contributed by atoms with van der Waals surface area (Å²) < 4.78 is 0. The zero-order valence-electron chi connectivity index (χ0n) is 10.2. The van der Waals surface area contributed by atoms with Crippen LogP contribution in [-0.4, -0.2) is 35.7 Å². The lowest BCUT2D eigenvalue weighted by atomic mass is 10.1. The fraction of sp³-hybridized carbons (Fsp3) is 0.545.